The van der Waals surface area contributed by atoms with Gasteiger partial charge in [-0.3, -0.25) is 0 Å². The van der Waals surface area contributed by atoms with Crippen LogP contribution in [0.1, 0.15) is 18.5 Å². The van der Waals surface area contributed by atoms with Gasteiger partial charge in [-0.15, -0.1) is 0 Å². The van der Waals surface area contributed by atoms with E-state index in [1.807, 2.05) is 48.0 Å². The van der Waals surface area contributed by atoms with Crippen molar-refractivity contribution in [3.05, 3.63) is 57.7 Å². The highest BCUT2D eigenvalue weighted by molar-refractivity contribution is 7.07. The number of methoxy groups -OCH3 is 1. The Hall–Kier alpha value is -1.36. The van der Waals surface area contributed by atoms with E-state index in [1.165, 1.54) is 7.11 Å². The molecular weight excluding hydrogens is 294 g/mol. The van der Waals surface area contributed by atoms with Crippen LogP contribution in [0.3, 0.4) is 0 Å². The molecule has 0 saturated heterocycles. The third-order valence-corrected chi connectivity index (χ3v) is 3.46. The highest BCUT2D eigenvalue weighted by Gasteiger charge is 2.21. The molecule has 1 unspecified atom stereocenters. The van der Waals surface area contributed by atoms with E-state index in [-0.39, 0.29) is 5.97 Å². The van der Waals surface area contributed by atoms with Crippen molar-refractivity contribution in [2.75, 3.05) is 13.7 Å². The Kier molecular flexibility index (Phi) is 7.95. The quantitative estimate of drug-likeness (QED) is 0.870. The summed E-state index contributed by atoms with van der Waals surface area (Å²) in [5.41, 5.74) is 0.743. The van der Waals surface area contributed by atoms with Gasteiger partial charge in [-0.1, -0.05) is 48.9 Å². The van der Waals surface area contributed by atoms with Crippen molar-refractivity contribution >= 4 is 28.9 Å². The molecule has 0 saturated carbocycles. The zero-order chi connectivity index (χ0) is 14.8. The van der Waals surface area contributed by atoms with Crippen LogP contribution in [0.5, 0.6) is 0 Å². The summed E-state index contributed by atoms with van der Waals surface area (Å²) in [5, 5.41) is 7.68. The molecule has 0 amide bonds. The van der Waals surface area contributed by atoms with Gasteiger partial charge in [-0.25, -0.2) is 4.79 Å². The molecule has 0 aliphatic carbocycles. The average Bonchev–Trinajstić information content (AvgIpc) is 3.04. The third-order valence-electron chi connectivity index (χ3n) is 2.49. The number of thiophene rings is 1. The van der Waals surface area contributed by atoms with Crippen molar-refractivity contribution in [2.24, 2.45) is 0 Å². The fourth-order valence-corrected chi connectivity index (χ4v) is 2.28. The Morgan fingerprint density at radius 3 is 2.40 bits per heavy atom. The lowest BCUT2D eigenvalue weighted by Gasteiger charge is -2.16. The van der Waals surface area contributed by atoms with Gasteiger partial charge in [0.25, 0.3) is 0 Å². The Labute approximate surface area is 128 Å². The number of halogens is 1. The number of hydrogen-bond acceptors (Lipinski definition) is 4. The molecule has 1 aromatic carbocycles. The van der Waals surface area contributed by atoms with Crippen molar-refractivity contribution in [3.8, 4) is 0 Å². The van der Waals surface area contributed by atoms with E-state index < -0.39 is 6.04 Å². The lowest BCUT2D eigenvalue weighted by Crippen LogP contribution is -2.29. The third kappa shape index (κ3) is 5.33. The van der Waals surface area contributed by atoms with Crippen LogP contribution in [0, 0.1) is 0 Å². The van der Waals surface area contributed by atoms with Crippen LogP contribution in [-0.2, 0) is 9.53 Å². The van der Waals surface area contributed by atoms with Crippen LogP contribution in [0.4, 0.5) is 0 Å². The smallest absolute Gasteiger partial charge is 0.327 e. The molecule has 0 radical (unpaired) electrons. The molecule has 1 atom stereocenters. The van der Waals surface area contributed by atoms with Crippen LogP contribution >= 0.6 is 22.9 Å². The van der Waals surface area contributed by atoms with Crippen molar-refractivity contribution in [1.82, 2.24) is 5.32 Å². The molecule has 0 fully saturated rings. The number of ether oxygens (including phenoxy) is 1. The zero-order valence-electron chi connectivity index (χ0n) is 11.5. The first-order valence-corrected chi connectivity index (χ1v) is 7.55. The summed E-state index contributed by atoms with van der Waals surface area (Å²) < 4.78 is 4.71. The van der Waals surface area contributed by atoms with Gasteiger partial charge in [-0.2, -0.15) is 11.3 Å². The molecule has 0 spiro atoms. The SMILES string of the molecule is CCNC(C(=O)OC)c1ccccc1Cl.c1ccsc1. The summed E-state index contributed by atoms with van der Waals surface area (Å²) in [7, 11) is 1.36. The largest absolute Gasteiger partial charge is 0.468 e. The maximum absolute atomic E-state index is 11.5. The van der Waals surface area contributed by atoms with Crippen LogP contribution < -0.4 is 5.32 Å². The van der Waals surface area contributed by atoms with E-state index in [1.54, 1.807) is 17.4 Å². The summed E-state index contributed by atoms with van der Waals surface area (Å²) >= 11 is 7.72. The van der Waals surface area contributed by atoms with E-state index in [0.717, 1.165) is 5.56 Å². The van der Waals surface area contributed by atoms with E-state index in [9.17, 15) is 4.79 Å². The Bertz CT molecular complexity index is 485. The number of hydrogen-bond donors (Lipinski definition) is 1. The molecule has 0 bridgehead atoms. The van der Waals surface area contributed by atoms with Crippen LogP contribution in [0.15, 0.2) is 47.2 Å². The van der Waals surface area contributed by atoms with E-state index in [0.29, 0.717) is 11.6 Å². The second kappa shape index (κ2) is 9.53. The van der Waals surface area contributed by atoms with Crippen molar-refractivity contribution in [2.45, 2.75) is 13.0 Å². The first kappa shape index (κ1) is 16.7. The number of carbonyl (C=O) groups excluding carboxylic acids is 1. The summed E-state index contributed by atoms with van der Waals surface area (Å²) in [6.07, 6.45) is 0. The standard InChI is InChI=1S/C11H14ClNO2.C4H4S/c1-3-13-10(11(14)15-2)8-6-4-5-7-9(8)12;1-2-4-5-3-1/h4-7,10,13H,3H2,1-2H3;1-4H. The number of carbonyl (C=O) groups is 1. The lowest BCUT2D eigenvalue weighted by molar-refractivity contribution is -0.143. The second-order valence-electron chi connectivity index (χ2n) is 3.83. The maximum Gasteiger partial charge on any atom is 0.327 e. The van der Waals surface area contributed by atoms with Gasteiger partial charge in [-0.05, 0) is 28.9 Å². The molecule has 1 N–H and O–H groups in total. The Morgan fingerprint density at radius 2 is 1.95 bits per heavy atom. The summed E-state index contributed by atoms with van der Waals surface area (Å²) in [6.45, 7) is 2.60. The monoisotopic (exact) mass is 311 g/mol. The number of likely N-dealkylation sites (N-methyl/N-ethyl adjacent to an activating group) is 1. The molecule has 3 nitrogen and oxygen atoms in total. The average molecular weight is 312 g/mol. The minimum Gasteiger partial charge on any atom is -0.468 e. The summed E-state index contributed by atoms with van der Waals surface area (Å²) in [5.74, 6) is -0.329. The molecule has 0 aliphatic heterocycles. The van der Waals surface area contributed by atoms with E-state index in [2.05, 4.69) is 5.32 Å². The summed E-state index contributed by atoms with van der Waals surface area (Å²) in [6, 6.07) is 10.8. The molecule has 2 rings (SSSR count). The van der Waals surface area contributed by atoms with Gasteiger partial charge in [0, 0.05) is 5.02 Å². The first-order valence-electron chi connectivity index (χ1n) is 6.23. The first-order chi connectivity index (χ1) is 9.70. The highest BCUT2D eigenvalue weighted by Crippen LogP contribution is 2.23. The van der Waals surface area contributed by atoms with Gasteiger partial charge >= 0.3 is 5.97 Å². The number of benzene rings is 1. The van der Waals surface area contributed by atoms with Crippen molar-refractivity contribution in [3.63, 3.8) is 0 Å². The molecular formula is C15H18ClNO2S. The normalized spacial score (nSPS) is 11.2. The minimum absolute atomic E-state index is 0.329. The molecule has 5 heteroatoms. The minimum atomic E-state index is -0.492. The van der Waals surface area contributed by atoms with Crippen molar-refractivity contribution < 1.29 is 9.53 Å². The van der Waals surface area contributed by atoms with Gasteiger partial charge < -0.3 is 10.1 Å². The molecule has 1 aromatic heterocycles. The van der Waals surface area contributed by atoms with Crippen LogP contribution in [0.2, 0.25) is 5.02 Å². The predicted octanol–water partition coefficient (Wildman–Crippen LogP) is 3.91. The van der Waals surface area contributed by atoms with Crippen molar-refractivity contribution in [1.29, 1.82) is 0 Å². The molecule has 0 aliphatic rings. The van der Waals surface area contributed by atoms with Gasteiger partial charge in [0.05, 0.1) is 7.11 Å². The predicted molar refractivity (Wildman–Crippen MR) is 84.2 cm³/mol. The number of esters is 1. The van der Waals surface area contributed by atoms with E-state index >= 15 is 0 Å². The number of nitrogens with one attached hydrogen (secondary N) is 1. The Morgan fingerprint density at radius 1 is 1.30 bits per heavy atom. The van der Waals surface area contributed by atoms with Crippen LogP contribution in [0.25, 0.3) is 0 Å². The molecule has 2 aromatic rings. The van der Waals surface area contributed by atoms with Gasteiger partial charge in [0.1, 0.15) is 6.04 Å². The molecule has 1 heterocycles. The highest BCUT2D eigenvalue weighted by atomic mass is 35.5. The number of rotatable bonds is 4. The Balaban J connectivity index is 0.000000333. The topological polar surface area (TPSA) is 38.3 Å². The van der Waals surface area contributed by atoms with Gasteiger partial charge in [0.2, 0.25) is 0 Å². The maximum atomic E-state index is 11.5. The molecule has 20 heavy (non-hydrogen) atoms. The molecule has 108 valence electrons. The van der Waals surface area contributed by atoms with Crippen LogP contribution in [-0.4, -0.2) is 19.6 Å². The second-order valence-corrected chi connectivity index (χ2v) is 5.05. The van der Waals surface area contributed by atoms with E-state index in [4.69, 9.17) is 16.3 Å². The lowest BCUT2D eigenvalue weighted by atomic mass is 10.1. The fourth-order valence-electron chi connectivity index (χ4n) is 1.58. The van der Waals surface area contributed by atoms with Gasteiger partial charge in [0.15, 0.2) is 0 Å². The summed E-state index contributed by atoms with van der Waals surface area (Å²) in [4.78, 5) is 11.5. The zero-order valence-corrected chi connectivity index (χ0v) is 13.1. The fraction of sp³-hybridized carbons (Fsp3) is 0.267.